The number of alkyl halides is 1. The number of ether oxygens (including phenoxy) is 1. The summed E-state index contributed by atoms with van der Waals surface area (Å²) < 4.78 is 5.29. The summed E-state index contributed by atoms with van der Waals surface area (Å²) in [4.78, 5) is 12.2. The number of para-hydroxylation sites is 1. The molecule has 1 N–H and O–H groups in total. The molecule has 0 heterocycles. The molecule has 1 saturated carbocycles. The van der Waals surface area contributed by atoms with Crippen molar-refractivity contribution in [3.8, 4) is 5.75 Å². The molecule has 4 heteroatoms. The zero-order valence-corrected chi connectivity index (χ0v) is 14.2. The van der Waals surface area contributed by atoms with Crippen molar-refractivity contribution in [3.05, 3.63) is 29.8 Å². The van der Waals surface area contributed by atoms with E-state index in [1.807, 2.05) is 24.3 Å². The first kappa shape index (κ1) is 16.3. The molecule has 0 atom stereocenters. The Balaban J connectivity index is 1.89. The Bertz CT molecular complexity index is 470. The normalized spacial score (nSPS) is 17.2. The van der Waals surface area contributed by atoms with Gasteiger partial charge in [0.1, 0.15) is 5.75 Å². The highest BCUT2D eigenvalue weighted by molar-refractivity contribution is 9.09. The van der Waals surface area contributed by atoms with Crippen LogP contribution < -0.4 is 10.1 Å². The molecule has 0 saturated heterocycles. The van der Waals surface area contributed by atoms with Crippen molar-refractivity contribution in [2.75, 3.05) is 19.0 Å². The Morgan fingerprint density at radius 3 is 2.67 bits per heavy atom. The van der Waals surface area contributed by atoms with Gasteiger partial charge >= 0.3 is 0 Å². The molecule has 1 fully saturated rings. The number of benzene rings is 1. The van der Waals surface area contributed by atoms with E-state index in [0.29, 0.717) is 6.42 Å². The quantitative estimate of drug-likeness (QED) is 0.791. The van der Waals surface area contributed by atoms with Crippen LogP contribution in [-0.4, -0.2) is 24.9 Å². The van der Waals surface area contributed by atoms with Gasteiger partial charge in [0.15, 0.2) is 0 Å². The second-order valence-corrected chi connectivity index (χ2v) is 6.52. The van der Waals surface area contributed by atoms with Crippen molar-refractivity contribution in [3.63, 3.8) is 0 Å². The van der Waals surface area contributed by atoms with Crippen LogP contribution in [-0.2, 0) is 11.2 Å². The summed E-state index contributed by atoms with van der Waals surface area (Å²) in [5, 5.41) is 4.09. The molecule has 0 spiro atoms. The van der Waals surface area contributed by atoms with Crippen LogP contribution >= 0.6 is 15.9 Å². The summed E-state index contributed by atoms with van der Waals surface area (Å²) in [5.41, 5.74) is 1.18. The maximum atomic E-state index is 12.2. The van der Waals surface area contributed by atoms with Gasteiger partial charge in [0.25, 0.3) is 0 Å². The van der Waals surface area contributed by atoms with Crippen LogP contribution in [0.4, 0.5) is 0 Å². The molecule has 1 aromatic carbocycles. The van der Waals surface area contributed by atoms with Crippen LogP contribution in [0.2, 0.25) is 0 Å². The van der Waals surface area contributed by atoms with E-state index in [0.717, 1.165) is 23.2 Å². The fraction of sp³-hybridized carbons (Fsp3) is 0.588. The third-order valence-corrected chi connectivity index (χ3v) is 5.59. The van der Waals surface area contributed by atoms with E-state index in [9.17, 15) is 4.79 Å². The Hall–Kier alpha value is -1.03. The number of rotatable bonds is 6. The van der Waals surface area contributed by atoms with Crippen molar-refractivity contribution in [1.82, 2.24) is 5.32 Å². The minimum absolute atomic E-state index is 0.0744. The zero-order valence-electron chi connectivity index (χ0n) is 12.7. The number of hydrogen-bond acceptors (Lipinski definition) is 2. The van der Waals surface area contributed by atoms with Crippen molar-refractivity contribution in [1.29, 1.82) is 0 Å². The van der Waals surface area contributed by atoms with E-state index in [1.54, 1.807) is 7.11 Å². The second kappa shape index (κ2) is 7.83. The summed E-state index contributed by atoms with van der Waals surface area (Å²) >= 11 is 3.64. The van der Waals surface area contributed by atoms with Crippen LogP contribution in [0.15, 0.2) is 24.3 Å². The summed E-state index contributed by atoms with van der Waals surface area (Å²) in [6.07, 6.45) is 6.65. The first-order chi connectivity index (χ1) is 10.2. The van der Waals surface area contributed by atoms with Gasteiger partial charge in [0.2, 0.25) is 5.91 Å². The number of amides is 1. The number of halogens is 1. The minimum Gasteiger partial charge on any atom is -0.496 e. The van der Waals surface area contributed by atoms with Gasteiger partial charge in [-0.05, 0) is 24.3 Å². The standard InChI is InChI=1S/C17H24BrNO2/c1-21-15-8-4-3-7-14(15)11-16(20)19-13-17(12-18)9-5-2-6-10-17/h3-4,7-8H,2,5-6,9-13H2,1H3,(H,19,20). The maximum Gasteiger partial charge on any atom is 0.224 e. The topological polar surface area (TPSA) is 38.3 Å². The average molecular weight is 354 g/mol. The molecule has 116 valence electrons. The predicted molar refractivity (Wildman–Crippen MR) is 89.0 cm³/mol. The van der Waals surface area contributed by atoms with Gasteiger partial charge in [-0.3, -0.25) is 4.79 Å². The SMILES string of the molecule is COc1ccccc1CC(=O)NCC1(CBr)CCCCC1. The van der Waals surface area contributed by atoms with E-state index >= 15 is 0 Å². The van der Waals surface area contributed by atoms with Gasteiger partial charge in [-0.15, -0.1) is 0 Å². The first-order valence-electron chi connectivity index (χ1n) is 7.64. The highest BCUT2D eigenvalue weighted by Gasteiger charge is 2.31. The largest absolute Gasteiger partial charge is 0.496 e. The molecule has 1 aliphatic rings. The van der Waals surface area contributed by atoms with Gasteiger partial charge in [-0.25, -0.2) is 0 Å². The summed E-state index contributed by atoms with van der Waals surface area (Å²) in [5.74, 6) is 0.853. The van der Waals surface area contributed by atoms with Crippen LogP contribution in [0.1, 0.15) is 37.7 Å². The number of nitrogens with one attached hydrogen (secondary N) is 1. The smallest absolute Gasteiger partial charge is 0.224 e. The lowest BCUT2D eigenvalue weighted by Gasteiger charge is -2.35. The number of methoxy groups -OCH3 is 1. The highest BCUT2D eigenvalue weighted by Crippen LogP contribution is 2.37. The fourth-order valence-electron chi connectivity index (χ4n) is 3.03. The zero-order chi connectivity index (χ0) is 15.1. The number of carbonyl (C=O) groups excluding carboxylic acids is 1. The molecule has 1 aliphatic carbocycles. The second-order valence-electron chi connectivity index (χ2n) is 5.96. The Kier molecular flexibility index (Phi) is 6.09. The van der Waals surface area contributed by atoms with Crippen LogP contribution in [0.5, 0.6) is 5.75 Å². The molecule has 1 aromatic rings. The summed E-state index contributed by atoms with van der Waals surface area (Å²) in [6, 6.07) is 7.69. The lowest BCUT2D eigenvalue weighted by molar-refractivity contribution is -0.121. The van der Waals surface area contributed by atoms with Crippen molar-refractivity contribution in [2.45, 2.75) is 38.5 Å². The molecule has 0 radical (unpaired) electrons. The first-order valence-corrected chi connectivity index (χ1v) is 8.76. The highest BCUT2D eigenvalue weighted by atomic mass is 79.9. The third kappa shape index (κ3) is 4.47. The van der Waals surface area contributed by atoms with Gasteiger partial charge in [-0.2, -0.15) is 0 Å². The molecule has 0 bridgehead atoms. The van der Waals surface area contributed by atoms with Gasteiger partial charge in [-0.1, -0.05) is 53.4 Å². The molecule has 0 unspecified atom stereocenters. The molecule has 0 aromatic heterocycles. The molecular weight excluding hydrogens is 330 g/mol. The van der Waals surface area contributed by atoms with E-state index in [-0.39, 0.29) is 11.3 Å². The molecule has 21 heavy (non-hydrogen) atoms. The van der Waals surface area contributed by atoms with Crippen molar-refractivity contribution in [2.24, 2.45) is 5.41 Å². The molecular formula is C17H24BrNO2. The van der Waals surface area contributed by atoms with Crippen LogP contribution in [0.25, 0.3) is 0 Å². The van der Waals surface area contributed by atoms with Gasteiger partial charge in [0.05, 0.1) is 13.5 Å². The molecule has 3 nitrogen and oxygen atoms in total. The van der Waals surface area contributed by atoms with Crippen molar-refractivity contribution < 1.29 is 9.53 Å². The molecule has 2 rings (SSSR count). The number of hydrogen-bond donors (Lipinski definition) is 1. The molecule has 1 amide bonds. The van der Waals surface area contributed by atoms with E-state index in [4.69, 9.17) is 4.74 Å². The van der Waals surface area contributed by atoms with Gasteiger partial charge < -0.3 is 10.1 Å². The van der Waals surface area contributed by atoms with Gasteiger partial charge in [0, 0.05) is 17.4 Å². The van der Waals surface area contributed by atoms with E-state index in [2.05, 4.69) is 21.2 Å². The third-order valence-electron chi connectivity index (χ3n) is 4.40. The molecule has 0 aliphatic heterocycles. The maximum absolute atomic E-state index is 12.2. The fourth-order valence-corrected chi connectivity index (χ4v) is 3.79. The van der Waals surface area contributed by atoms with E-state index in [1.165, 1.54) is 32.1 Å². The van der Waals surface area contributed by atoms with E-state index < -0.39 is 0 Å². The monoisotopic (exact) mass is 353 g/mol. The van der Waals surface area contributed by atoms with Crippen LogP contribution in [0.3, 0.4) is 0 Å². The number of carbonyl (C=O) groups is 1. The Labute approximate surface area is 135 Å². The average Bonchev–Trinajstić information content (AvgIpc) is 2.54. The Morgan fingerprint density at radius 2 is 2.00 bits per heavy atom. The van der Waals surface area contributed by atoms with Crippen molar-refractivity contribution >= 4 is 21.8 Å². The van der Waals surface area contributed by atoms with Crippen LogP contribution in [0, 0.1) is 5.41 Å². The predicted octanol–water partition coefficient (Wildman–Crippen LogP) is 3.70. The minimum atomic E-state index is 0.0744. The Morgan fingerprint density at radius 1 is 1.29 bits per heavy atom. The summed E-state index contributed by atoms with van der Waals surface area (Å²) in [6.45, 7) is 0.770. The lowest BCUT2D eigenvalue weighted by Crippen LogP contribution is -2.40. The lowest BCUT2D eigenvalue weighted by atomic mass is 9.75. The summed E-state index contributed by atoms with van der Waals surface area (Å²) in [7, 11) is 1.64.